The number of carbonyl (C=O) groups excluding carboxylic acids is 1. The van der Waals surface area contributed by atoms with Gasteiger partial charge in [0.05, 0.1) is 30.1 Å². The van der Waals surface area contributed by atoms with Crippen LogP contribution in [0, 0.1) is 0 Å². The smallest absolute Gasteiger partial charge is 0.337 e. The molecule has 0 aliphatic carbocycles. The minimum Gasteiger partial charge on any atom is -0.490 e. The van der Waals surface area contributed by atoms with Crippen LogP contribution in [0.3, 0.4) is 0 Å². The zero-order chi connectivity index (χ0) is 20.1. The molecule has 0 bridgehead atoms. The van der Waals surface area contributed by atoms with Crippen molar-refractivity contribution in [1.82, 2.24) is 0 Å². The number of esters is 1. The third-order valence-electron chi connectivity index (χ3n) is 4.62. The van der Waals surface area contributed by atoms with Crippen molar-refractivity contribution < 1.29 is 18.7 Å². The zero-order valence-electron chi connectivity index (χ0n) is 16.4. The summed E-state index contributed by atoms with van der Waals surface area (Å²) in [5, 5.41) is 0.799. The number of methoxy groups -OCH3 is 1. The third kappa shape index (κ3) is 4.17. The Kier molecular flexibility index (Phi) is 6.62. The van der Waals surface area contributed by atoms with Crippen LogP contribution in [0.25, 0.3) is 21.9 Å². The molecule has 3 rings (SSSR count). The summed E-state index contributed by atoms with van der Waals surface area (Å²) in [4.78, 5) is 25.8. The summed E-state index contributed by atoms with van der Waals surface area (Å²) in [5.74, 6) is 0.0877. The summed E-state index contributed by atoms with van der Waals surface area (Å²) in [6, 6.07) is 8.44. The first-order chi connectivity index (χ1) is 13.6. The van der Waals surface area contributed by atoms with Crippen LogP contribution in [0.5, 0.6) is 5.75 Å². The lowest BCUT2D eigenvalue weighted by Crippen LogP contribution is -2.07. The third-order valence-corrected chi connectivity index (χ3v) is 5.33. The van der Waals surface area contributed by atoms with Crippen molar-refractivity contribution in [3.8, 4) is 5.75 Å². The van der Waals surface area contributed by atoms with Gasteiger partial charge < -0.3 is 13.9 Å². The molecule has 6 heteroatoms. The van der Waals surface area contributed by atoms with Crippen molar-refractivity contribution >= 4 is 39.7 Å². The van der Waals surface area contributed by atoms with E-state index >= 15 is 0 Å². The fourth-order valence-electron chi connectivity index (χ4n) is 3.08. The Bertz CT molecular complexity index is 1050. The highest BCUT2D eigenvalue weighted by atomic mass is 32.2. The molecule has 0 saturated heterocycles. The first-order valence-corrected chi connectivity index (χ1v) is 10.6. The number of unbranched alkanes of at least 4 members (excludes halogenated alkanes) is 3. The van der Waals surface area contributed by atoms with E-state index in [9.17, 15) is 9.59 Å². The average Bonchev–Trinajstić information content (AvgIpc) is 2.73. The minimum absolute atomic E-state index is 0.186. The van der Waals surface area contributed by atoms with Gasteiger partial charge in [-0.1, -0.05) is 26.2 Å². The Hall–Kier alpha value is -2.47. The Balaban J connectivity index is 2.09. The SMILES string of the molecule is CCCCCCOc1cc(SC)cc2c(=O)c3cc(C(=O)OC)ccc3oc12. The van der Waals surface area contributed by atoms with Gasteiger partial charge in [0.15, 0.2) is 11.3 Å². The molecular formula is C22H24O5S. The van der Waals surface area contributed by atoms with E-state index in [2.05, 4.69) is 6.92 Å². The summed E-state index contributed by atoms with van der Waals surface area (Å²) in [5.41, 5.74) is 0.985. The van der Waals surface area contributed by atoms with Crippen molar-refractivity contribution in [3.05, 3.63) is 46.1 Å². The number of thioether (sulfide) groups is 1. The van der Waals surface area contributed by atoms with Gasteiger partial charge in [-0.05, 0) is 43.0 Å². The molecule has 0 aliphatic heterocycles. The van der Waals surface area contributed by atoms with E-state index in [0.29, 0.717) is 39.9 Å². The molecule has 0 fully saturated rings. The fraction of sp³-hybridized carbons (Fsp3) is 0.364. The molecule has 5 nitrogen and oxygen atoms in total. The molecule has 1 aromatic heterocycles. The second-order valence-electron chi connectivity index (χ2n) is 6.55. The van der Waals surface area contributed by atoms with Gasteiger partial charge in [0.2, 0.25) is 5.43 Å². The highest BCUT2D eigenvalue weighted by Crippen LogP contribution is 2.32. The quantitative estimate of drug-likeness (QED) is 0.218. The number of fused-ring (bicyclic) bond motifs is 2. The van der Waals surface area contributed by atoms with Crippen LogP contribution in [-0.4, -0.2) is 25.9 Å². The molecule has 0 radical (unpaired) electrons. The van der Waals surface area contributed by atoms with E-state index in [1.807, 2.05) is 12.3 Å². The van der Waals surface area contributed by atoms with Crippen LogP contribution in [-0.2, 0) is 4.74 Å². The molecule has 0 N–H and O–H groups in total. The lowest BCUT2D eigenvalue weighted by molar-refractivity contribution is 0.0601. The monoisotopic (exact) mass is 400 g/mol. The number of hydrogen-bond donors (Lipinski definition) is 0. The number of hydrogen-bond acceptors (Lipinski definition) is 6. The number of carbonyl (C=O) groups is 1. The highest BCUT2D eigenvalue weighted by Gasteiger charge is 2.16. The van der Waals surface area contributed by atoms with E-state index in [1.54, 1.807) is 18.2 Å². The minimum atomic E-state index is -0.490. The molecule has 0 unspecified atom stereocenters. The van der Waals surface area contributed by atoms with Gasteiger partial charge in [0.1, 0.15) is 5.58 Å². The van der Waals surface area contributed by atoms with Gasteiger partial charge in [-0.25, -0.2) is 4.79 Å². The molecular weight excluding hydrogens is 376 g/mol. The maximum absolute atomic E-state index is 13.1. The van der Waals surface area contributed by atoms with Crippen LogP contribution in [0.1, 0.15) is 43.0 Å². The van der Waals surface area contributed by atoms with E-state index in [-0.39, 0.29) is 5.43 Å². The molecule has 0 aliphatic rings. The van der Waals surface area contributed by atoms with Gasteiger partial charge in [-0.3, -0.25) is 4.79 Å². The predicted molar refractivity (Wildman–Crippen MR) is 113 cm³/mol. The normalized spacial score (nSPS) is 11.1. The maximum atomic E-state index is 13.1. The topological polar surface area (TPSA) is 65.7 Å². The van der Waals surface area contributed by atoms with Crippen molar-refractivity contribution in [1.29, 1.82) is 0 Å². The molecule has 2 aromatic carbocycles. The van der Waals surface area contributed by atoms with Crippen molar-refractivity contribution in [2.75, 3.05) is 20.0 Å². The average molecular weight is 400 g/mol. The van der Waals surface area contributed by atoms with Crippen LogP contribution in [0.2, 0.25) is 0 Å². The van der Waals surface area contributed by atoms with Gasteiger partial charge in [-0.15, -0.1) is 11.8 Å². The Labute approximate surface area is 168 Å². The summed E-state index contributed by atoms with van der Waals surface area (Å²) < 4.78 is 16.7. The predicted octanol–water partition coefficient (Wildman–Crippen LogP) is 5.41. The Morgan fingerprint density at radius 3 is 2.64 bits per heavy atom. The number of benzene rings is 2. The van der Waals surface area contributed by atoms with Gasteiger partial charge in [-0.2, -0.15) is 0 Å². The summed E-state index contributed by atoms with van der Waals surface area (Å²) >= 11 is 1.54. The lowest BCUT2D eigenvalue weighted by atomic mass is 10.1. The molecule has 3 aromatic rings. The van der Waals surface area contributed by atoms with Crippen LogP contribution in [0.4, 0.5) is 0 Å². The number of rotatable bonds is 8. The van der Waals surface area contributed by atoms with Crippen LogP contribution >= 0.6 is 11.8 Å². The molecule has 0 atom stereocenters. The molecule has 1 heterocycles. The van der Waals surface area contributed by atoms with Crippen molar-refractivity contribution in [2.45, 2.75) is 37.5 Å². The first-order valence-electron chi connectivity index (χ1n) is 9.38. The fourth-order valence-corrected chi connectivity index (χ4v) is 3.54. The van der Waals surface area contributed by atoms with E-state index in [4.69, 9.17) is 13.9 Å². The maximum Gasteiger partial charge on any atom is 0.337 e. The van der Waals surface area contributed by atoms with E-state index < -0.39 is 5.97 Å². The second-order valence-corrected chi connectivity index (χ2v) is 7.42. The Morgan fingerprint density at radius 1 is 1.11 bits per heavy atom. The zero-order valence-corrected chi connectivity index (χ0v) is 17.2. The van der Waals surface area contributed by atoms with Gasteiger partial charge in [0.25, 0.3) is 0 Å². The lowest BCUT2D eigenvalue weighted by Gasteiger charge is -2.11. The highest BCUT2D eigenvalue weighted by molar-refractivity contribution is 7.98. The van der Waals surface area contributed by atoms with Crippen LogP contribution < -0.4 is 10.2 Å². The van der Waals surface area contributed by atoms with Crippen LogP contribution in [0.15, 0.2) is 44.4 Å². The molecule has 0 amide bonds. The first kappa shape index (κ1) is 20.3. The Morgan fingerprint density at radius 2 is 1.93 bits per heavy atom. The molecule has 28 heavy (non-hydrogen) atoms. The summed E-state index contributed by atoms with van der Waals surface area (Å²) in [7, 11) is 1.31. The summed E-state index contributed by atoms with van der Waals surface area (Å²) in [6.07, 6.45) is 6.36. The largest absolute Gasteiger partial charge is 0.490 e. The van der Waals surface area contributed by atoms with Crippen molar-refractivity contribution in [3.63, 3.8) is 0 Å². The standard InChI is InChI=1S/C22H24O5S/c1-4-5-6-7-10-26-19-13-15(28-3)12-17-20(23)16-11-14(22(24)25-2)8-9-18(16)27-21(17)19/h8-9,11-13H,4-7,10H2,1-3H3. The van der Waals surface area contributed by atoms with Crippen molar-refractivity contribution in [2.24, 2.45) is 0 Å². The van der Waals surface area contributed by atoms with E-state index in [1.165, 1.54) is 37.8 Å². The molecule has 0 spiro atoms. The van der Waals surface area contributed by atoms with E-state index in [0.717, 1.165) is 17.7 Å². The number of ether oxygens (including phenoxy) is 2. The van der Waals surface area contributed by atoms with Gasteiger partial charge >= 0.3 is 5.97 Å². The molecule has 0 saturated carbocycles. The second kappa shape index (κ2) is 9.15. The van der Waals surface area contributed by atoms with Gasteiger partial charge in [0, 0.05) is 4.90 Å². The molecule has 148 valence electrons. The summed E-state index contributed by atoms with van der Waals surface area (Å²) in [6.45, 7) is 2.75.